The summed E-state index contributed by atoms with van der Waals surface area (Å²) < 4.78 is 5.50. The number of hydrogen-bond donors (Lipinski definition) is 2. The van der Waals surface area contributed by atoms with Gasteiger partial charge in [0.2, 0.25) is 5.91 Å². The number of nitrogens with zero attached hydrogens (tertiary/aromatic N) is 1. The van der Waals surface area contributed by atoms with Gasteiger partial charge in [-0.15, -0.1) is 0 Å². The third kappa shape index (κ3) is 3.79. The molecule has 0 aromatic carbocycles. The number of carbonyl (C=O) groups is 2. The van der Waals surface area contributed by atoms with E-state index in [-0.39, 0.29) is 24.0 Å². The lowest BCUT2D eigenvalue weighted by molar-refractivity contribution is -0.142. The molecule has 0 bridgehead atoms. The quantitative estimate of drug-likeness (QED) is 0.782. The van der Waals surface area contributed by atoms with E-state index in [1.165, 1.54) is 0 Å². The fourth-order valence-corrected chi connectivity index (χ4v) is 3.68. The molecular weight excluding hydrogens is 282 g/mol. The van der Waals surface area contributed by atoms with Gasteiger partial charge in [0.25, 0.3) is 5.91 Å². The normalized spacial score (nSPS) is 32.2. The molecule has 0 saturated carbocycles. The van der Waals surface area contributed by atoms with Crippen molar-refractivity contribution in [3.63, 3.8) is 0 Å². The fourth-order valence-electron chi connectivity index (χ4n) is 3.68. The highest BCUT2D eigenvalue weighted by atomic mass is 16.5. The van der Waals surface area contributed by atoms with Gasteiger partial charge < -0.3 is 20.3 Å². The highest BCUT2D eigenvalue weighted by molar-refractivity contribution is 5.82. The van der Waals surface area contributed by atoms with Crippen LogP contribution in [0.25, 0.3) is 0 Å². The molecule has 0 aromatic rings. The van der Waals surface area contributed by atoms with Crippen LogP contribution >= 0.6 is 0 Å². The molecule has 3 unspecified atom stereocenters. The highest BCUT2D eigenvalue weighted by Gasteiger charge is 2.31. The van der Waals surface area contributed by atoms with Gasteiger partial charge in [0.15, 0.2) is 0 Å². The standard InChI is InChI=1S/C16H27N3O3/c20-15(13-5-1-7-17-13)18-10-12-4-2-8-19(11-12)16(21)14-6-3-9-22-14/h12-14,17H,1-11H2,(H,18,20). The van der Waals surface area contributed by atoms with Crippen LogP contribution in [0.1, 0.15) is 38.5 Å². The molecule has 6 nitrogen and oxygen atoms in total. The Hall–Kier alpha value is -1.14. The fraction of sp³-hybridized carbons (Fsp3) is 0.875. The second-order valence-electron chi connectivity index (χ2n) is 6.69. The van der Waals surface area contributed by atoms with E-state index in [1.807, 2.05) is 4.90 Å². The topological polar surface area (TPSA) is 70.7 Å². The van der Waals surface area contributed by atoms with Crippen LogP contribution in [-0.2, 0) is 14.3 Å². The van der Waals surface area contributed by atoms with Crippen molar-refractivity contribution in [1.29, 1.82) is 0 Å². The maximum Gasteiger partial charge on any atom is 0.251 e. The molecule has 3 fully saturated rings. The zero-order chi connectivity index (χ0) is 15.4. The smallest absolute Gasteiger partial charge is 0.251 e. The Bertz CT molecular complexity index is 403. The zero-order valence-electron chi connectivity index (χ0n) is 13.2. The zero-order valence-corrected chi connectivity index (χ0v) is 13.2. The molecule has 0 aliphatic carbocycles. The molecule has 6 heteroatoms. The van der Waals surface area contributed by atoms with Crippen LogP contribution in [-0.4, -0.2) is 61.6 Å². The van der Waals surface area contributed by atoms with Crippen LogP contribution in [0.5, 0.6) is 0 Å². The van der Waals surface area contributed by atoms with E-state index in [0.717, 1.165) is 58.2 Å². The second-order valence-corrected chi connectivity index (χ2v) is 6.69. The lowest BCUT2D eigenvalue weighted by Crippen LogP contribution is -2.48. The summed E-state index contributed by atoms with van der Waals surface area (Å²) in [6.45, 7) is 3.89. The van der Waals surface area contributed by atoms with Gasteiger partial charge in [-0.1, -0.05) is 0 Å². The summed E-state index contributed by atoms with van der Waals surface area (Å²) >= 11 is 0. The number of nitrogens with one attached hydrogen (secondary N) is 2. The largest absolute Gasteiger partial charge is 0.368 e. The molecule has 124 valence electrons. The van der Waals surface area contributed by atoms with Crippen molar-refractivity contribution in [2.45, 2.75) is 50.7 Å². The van der Waals surface area contributed by atoms with E-state index in [1.54, 1.807) is 0 Å². The first-order valence-corrected chi connectivity index (χ1v) is 8.65. The van der Waals surface area contributed by atoms with Gasteiger partial charge in [-0.2, -0.15) is 0 Å². The van der Waals surface area contributed by atoms with E-state index >= 15 is 0 Å². The van der Waals surface area contributed by atoms with Crippen LogP contribution in [0.2, 0.25) is 0 Å². The minimum absolute atomic E-state index is 0.0202. The monoisotopic (exact) mass is 309 g/mol. The minimum Gasteiger partial charge on any atom is -0.368 e. The Morgan fingerprint density at radius 3 is 2.82 bits per heavy atom. The summed E-state index contributed by atoms with van der Waals surface area (Å²) in [7, 11) is 0. The summed E-state index contributed by atoms with van der Waals surface area (Å²) in [5.74, 6) is 0.621. The number of likely N-dealkylation sites (tertiary alicyclic amines) is 1. The highest BCUT2D eigenvalue weighted by Crippen LogP contribution is 2.21. The molecule has 3 aliphatic heterocycles. The molecule has 22 heavy (non-hydrogen) atoms. The van der Waals surface area contributed by atoms with E-state index in [0.29, 0.717) is 19.1 Å². The Morgan fingerprint density at radius 2 is 2.09 bits per heavy atom. The maximum atomic E-state index is 12.4. The number of ether oxygens (including phenoxy) is 1. The predicted molar refractivity (Wildman–Crippen MR) is 82.3 cm³/mol. The SMILES string of the molecule is O=C(NCC1CCCN(C(=O)C2CCCO2)C1)C1CCCN1. The van der Waals surface area contributed by atoms with Crippen LogP contribution in [0.4, 0.5) is 0 Å². The Morgan fingerprint density at radius 1 is 1.18 bits per heavy atom. The number of hydrogen-bond acceptors (Lipinski definition) is 4. The van der Waals surface area contributed by atoms with E-state index in [4.69, 9.17) is 4.74 Å². The molecule has 3 heterocycles. The Labute approximate surface area is 131 Å². The van der Waals surface area contributed by atoms with Gasteiger partial charge >= 0.3 is 0 Å². The molecule has 3 saturated heterocycles. The summed E-state index contributed by atoms with van der Waals surface area (Å²) in [6, 6.07) is -0.0202. The molecule has 0 spiro atoms. The molecule has 0 aromatic heterocycles. The lowest BCUT2D eigenvalue weighted by atomic mass is 9.97. The van der Waals surface area contributed by atoms with Gasteiger partial charge in [-0.05, 0) is 51.0 Å². The molecule has 2 N–H and O–H groups in total. The molecule has 2 amide bonds. The number of piperidine rings is 1. The summed E-state index contributed by atoms with van der Waals surface area (Å²) in [5, 5.41) is 6.27. The first kappa shape index (κ1) is 15.7. The van der Waals surface area contributed by atoms with Gasteiger partial charge in [0, 0.05) is 26.2 Å². The van der Waals surface area contributed by atoms with Crippen molar-refractivity contribution in [3.05, 3.63) is 0 Å². The predicted octanol–water partition coefficient (Wildman–Crippen LogP) is 0.272. The average molecular weight is 309 g/mol. The molecule has 3 aliphatic rings. The van der Waals surface area contributed by atoms with Crippen LogP contribution in [0, 0.1) is 5.92 Å². The maximum absolute atomic E-state index is 12.4. The molecule has 3 atom stereocenters. The summed E-state index contributed by atoms with van der Waals surface area (Å²) in [5.41, 5.74) is 0. The first-order valence-electron chi connectivity index (χ1n) is 8.65. The van der Waals surface area contributed by atoms with Crippen molar-refractivity contribution in [1.82, 2.24) is 15.5 Å². The molecular formula is C16H27N3O3. The van der Waals surface area contributed by atoms with Crippen LogP contribution in [0.15, 0.2) is 0 Å². The first-order chi connectivity index (χ1) is 10.7. The summed E-state index contributed by atoms with van der Waals surface area (Å²) in [6.07, 6.45) is 5.71. The van der Waals surface area contributed by atoms with E-state index in [2.05, 4.69) is 10.6 Å². The Balaban J connectivity index is 1.43. The van der Waals surface area contributed by atoms with Crippen molar-refractivity contribution in [3.8, 4) is 0 Å². The summed E-state index contributed by atoms with van der Waals surface area (Å²) in [4.78, 5) is 26.4. The van der Waals surface area contributed by atoms with Crippen molar-refractivity contribution >= 4 is 11.8 Å². The minimum atomic E-state index is -0.226. The van der Waals surface area contributed by atoms with Gasteiger partial charge in [0.1, 0.15) is 6.10 Å². The number of carbonyl (C=O) groups excluding carboxylic acids is 2. The van der Waals surface area contributed by atoms with Crippen molar-refractivity contribution in [2.24, 2.45) is 5.92 Å². The van der Waals surface area contributed by atoms with Crippen molar-refractivity contribution in [2.75, 3.05) is 32.8 Å². The number of amides is 2. The number of rotatable bonds is 4. The third-order valence-electron chi connectivity index (χ3n) is 4.98. The van der Waals surface area contributed by atoms with E-state index < -0.39 is 0 Å². The second kappa shape index (κ2) is 7.42. The molecule has 3 rings (SSSR count). The van der Waals surface area contributed by atoms with Crippen molar-refractivity contribution < 1.29 is 14.3 Å². The lowest BCUT2D eigenvalue weighted by Gasteiger charge is -2.34. The van der Waals surface area contributed by atoms with E-state index in [9.17, 15) is 9.59 Å². The van der Waals surface area contributed by atoms with Gasteiger partial charge in [0.05, 0.1) is 6.04 Å². The third-order valence-corrected chi connectivity index (χ3v) is 4.98. The Kier molecular flexibility index (Phi) is 5.31. The average Bonchev–Trinajstić information content (AvgIpc) is 3.25. The van der Waals surface area contributed by atoms with Crippen LogP contribution < -0.4 is 10.6 Å². The molecule has 0 radical (unpaired) electrons. The van der Waals surface area contributed by atoms with Crippen LogP contribution in [0.3, 0.4) is 0 Å². The van der Waals surface area contributed by atoms with Gasteiger partial charge in [-0.25, -0.2) is 0 Å². The van der Waals surface area contributed by atoms with Gasteiger partial charge in [-0.3, -0.25) is 9.59 Å².